The number of aryl methyl sites for hydroxylation is 3. The molecule has 164 valence electrons. The Balaban J connectivity index is 1.92. The summed E-state index contributed by atoms with van der Waals surface area (Å²) >= 11 is 5.89. The highest BCUT2D eigenvalue weighted by atomic mass is 35.5. The number of nitrogens with one attached hydrogen (secondary N) is 1. The van der Waals surface area contributed by atoms with E-state index in [4.69, 9.17) is 11.6 Å². The van der Waals surface area contributed by atoms with Crippen molar-refractivity contribution in [1.29, 1.82) is 0 Å². The standard InChI is InChI=1S/C23H20ClN3O4S/c1-14-4-10-17(11-5-14)32(30,31)21-13-20-19(26(2)23(29)27(20)3)12-18(21)25-22(28)15-6-8-16(24)9-7-15/h4-13H,1-3H3,(H,25,28). The van der Waals surface area contributed by atoms with E-state index < -0.39 is 15.7 Å². The summed E-state index contributed by atoms with van der Waals surface area (Å²) in [4.78, 5) is 25.3. The van der Waals surface area contributed by atoms with E-state index in [2.05, 4.69) is 5.32 Å². The molecule has 1 aromatic heterocycles. The van der Waals surface area contributed by atoms with Crippen molar-refractivity contribution >= 4 is 44.1 Å². The third-order valence-electron chi connectivity index (χ3n) is 5.35. The maximum atomic E-state index is 13.5. The molecule has 4 aromatic rings. The predicted octanol–water partition coefficient (Wildman–Crippen LogP) is 3.92. The largest absolute Gasteiger partial charge is 0.328 e. The molecule has 0 saturated heterocycles. The Morgan fingerprint density at radius 1 is 0.906 bits per heavy atom. The Hall–Kier alpha value is -3.36. The van der Waals surface area contributed by atoms with Crippen molar-refractivity contribution in [3.05, 3.63) is 87.3 Å². The zero-order valence-electron chi connectivity index (χ0n) is 17.6. The molecular formula is C23H20ClN3O4S. The molecule has 32 heavy (non-hydrogen) atoms. The number of carbonyl (C=O) groups is 1. The van der Waals surface area contributed by atoms with E-state index >= 15 is 0 Å². The Kier molecular flexibility index (Phi) is 5.44. The average molecular weight is 470 g/mol. The number of anilines is 1. The molecular weight excluding hydrogens is 450 g/mol. The number of amides is 1. The molecule has 0 aliphatic carbocycles. The zero-order valence-corrected chi connectivity index (χ0v) is 19.2. The highest BCUT2D eigenvalue weighted by molar-refractivity contribution is 7.91. The van der Waals surface area contributed by atoms with Crippen LogP contribution < -0.4 is 11.0 Å². The number of imidazole rings is 1. The predicted molar refractivity (Wildman–Crippen MR) is 124 cm³/mol. The van der Waals surface area contributed by atoms with Crippen LogP contribution in [-0.4, -0.2) is 23.5 Å². The van der Waals surface area contributed by atoms with Crippen molar-refractivity contribution in [2.45, 2.75) is 16.7 Å². The number of hydrogen-bond donors (Lipinski definition) is 1. The van der Waals surface area contributed by atoms with Crippen LogP contribution in [0.1, 0.15) is 15.9 Å². The van der Waals surface area contributed by atoms with Gasteiger partial charge in [-0.3, -0.25) is 13.9 Å². The number of halogens is 1. The van der Waals surface area contributed by atoms with E-state index in [-0.39, 0.29) is 21.2 Å². The van der Waals surface area contributed by atoms with Gasteiger partial charge in [-0.2, -0.15) is 0 Å². The fourth-order valence-electron chi connectivity index (χ4n) is 3.49. The highest BCUT2D eigenvalue weighted by Crippen LogP contribution is 2.32. The summed E-state index contributed by atoms with van der Waals surface area (Å²) in [7, 11) is -0.838. The fraction of sp³-hybridized carbons (Fsp3) is 0.130. The normalized spacial score (nSPS) is 11.6. The lowest BCUT2D eigenvalue weighted by molar-refractivity contribution is 0.102. The summed E-state index contributed by atoms with van der Waals surface area (Å²) < 4.78 is 29.8. The molecule has 0 radical (unpaired) electrons. The maximum Gasteiger partial charge on any atom is 0.328 e. The number of nitrogens with zero attached hydrogens (tertiary/aromatic N) is 2. The number of hydrogen-bond acceptors (Lipinski definition) is 4. The van der Waals surface area contributed by atoms with E-state index in [1.54, 1.807) is 50.5 Å². The summed E-state index contributed by atoms with van der Waals surface area (Å²) in [5.41, 5.74) is 1.94. The minimum atomic E-state index is -3.99. The number of sulfone groups is 1. The summed E-state index contributed by atoms with van der Waals surface area (Å²) in [5, 5.41) is 3.17. The molecule has 0 bridgehead atoms. The first-order valence-electron chi connectivity index (χ1n) is 9.68. The molecule has 9 heteroatoms. The Morgan fingerprint density at radius 3 is 2.06 bits per heavy atom. The summed E-state index contributed by atoms with van der Waals surface area (Å²) in [6, 6.07) is 15.6. The van der Waals surface area contributed by atoms with Gasteiger partial charge in [-0.25, -0.2) is 13.2 Å². The fourth-order valence-corrected chi connectivity index (χ4v) is 5.03. The van der Waals surface area contributed by atoms with Gasteiger partial charge >= 0.3 is 5.69 Å². The number of carbonyl (C=O) groups excluding carboxylic acids is 1. The number of benzene rings is 3. The van der Waals surface area contributed by atoms with E-state index in [0.29, 0.717) is 21.6 Å². The van der Waals surface area contributed by atoms with Gasteiger partial charge in [0, 0.05) is 24.7 Å². The van der Waals surface area contributed by atoms with Gasteiger partial charge in [0.2, 0.25) is 9.84 Å². The average Bonchev–Trinajstić information content (AvgIpc) is 2.97. The second-order valence-electron chi connectivity index (χ2n) is 7.52. The van der Waals surface area contributed by atoms with Gasteiger partial charge in [-0.15, -0.1) is 0 Å². The van der Waals surface area contributed by atoms with E-state index in [0.717, 1.165) is 5.56 Å². The number of fused-ring (bicyclic) bond motifs is 1. The molecule has 7 nitrogen and oxygen atoms in total. The minimum Gasteiger partial charge on any atom is -0.321 e. The van der Waals surface area contributed by atoms with Crippen LogP contribution >= 0.6 is 11.6 Å². The lowest BCUT2D eigenvalue weighted by Crippen LogP contribution is -2.19. The molecule has 0 fully saturated rings. The van der Waals surface area contributed by atoms with Crippen LogP contribution in [0.15, 0.2) is 75.2 Å². The molecule has 3 aromatic carbocycles. The lowest BCUT2D eigenvalue weighted by Gasteiger charge is -2.14. The van der Waals surface area contributed by atoms with Crippen LogP contribution in [0.2, 0.25) is 5.02 Å². The summed E-state index contributed by atoms with van der Waals surface area (Å²) in [6.45, 7) is 1.86. The second kappa shape index (κ2) is 7.96. The van der Waals surface area contributed by atoms with Crippen LogP contribution in [0.5, 0.6) is 0 Å². The van der Waals surface area contributed by atoms with Crippen molar-refractivity contribution in [2.75, 3.05) is 5.32 Å². The van der Waals surface area contributed by atoms with Gasteiger partial charge in [0.25, 0.3) is 5.91 Å². The summed E-state index contributed by atoms with van der Waals surface area (Å²) in [6.07, 6.45) is 0. The molecule has 1 N–H and O–H groups in total. The first kappa shape index (κ1) is 21.9. The van der Waals surface area contributed by atoms with Crippen molar-refractivity contribution < 1.29 is 13.2 Å². The summed E-state index contributed by atoms with van der Waals surface area (Å²) in [5.74, 6) is -0.498. The van der Waals surface area contributed by atoms with Gasteiger partial charge in [0.1, 0.15) is 0 Å². The molecule has 0 saturated carbocycles. The van der Waals surface area contributed by atoms with E-state index in [1.807, 2.05) is 6.92 Å². The third-order valence-corrected chi connectivity index (χ3v) is 7.41. The number of rotatable bonds is 4. The lowest BCUT2D eigenvalue weighted by atomic mass is 10.2. The molecule has 0 atom stereocenters. The SMILES string of the molecule is Cc1ccc(S(=O)(=O)c2cc3c(cc2NC(=O)c2ccc(Cl)cc2)n(C)c(=O)n3C)cc1. The molecule has 1 heterocycles. The Morgan fingerprint density at radius 2 is 1.47 bits per heavy atom. The van der Waals surface area contributed by atoms with Gasteiger partial charge in [0.05, 0.1) is 26.5 Å². The monoisotopic (exact) mass is 469 g/mol. The van der Waals surface area contributed by atoms with Gasteiger partial charge in [-0.05, 0) is 55.5 Å². The topological polar surface area (TPSA) is 90.2 Å². The first-order valence-corrected chi connectivity index (χ1v) is 11.5. The van der Waals surface area contributed by atoms with Crippen molar-refractivity contribution in [2.24, 2.45) is 14.1 Å². The smallest absolute Gasteiger partial charge is 0.321 e. The Labute approximate surface area is 189 Å². The highest BCUT2D eigenvalue weighted by Gasteiger charge is 2.25. The van der Waals surface area contributed by atoms with Gasteiger partial charge < -0.3 is 5.32 Å². The van der Waals surface area contributed by atoms with Gasteiger partial charge in [-0.1, -0.05) is 29.3 Å². The first-order chi connectivity index (χ1) is 15.1. The number of aromatic nitrogens is 2. The van der Waals surface area contributed by atoms with Crippen molar-refractivity contribution in [3.8, 4) is 0 Å². The van der Waals surface area contributed by atoms with Crippen LogP contribution in [0.25, 0.3) is 11.0 Å². The second-order valence-corrected chi connectivity index (χ2v) is 9.87. The Bertz CT molecular complexity index is 1520. The quantitative estimate of drug-likeness (QED) is 0.490. The molecule has 0 unspecified atom stereocenters. The van der Waals surface area contributed by atoms with Crippen LogP contribution in [0.4, 0.5) is 5.69 Å². The van der Waals surface area contributed by atoms with Crippen LogP contribution in [0.3, 0.4) is 0 Å². The maximum absolute atomic E-state index is 13.5. The molecule has 1 amide bonds. The minimum absolute atomic E-state index is 0.0826. The zero-order chi connectivity index (χ0) is 23.2. The van der Waals surface area contributed by atoms with Crippen LogP contribution in [-0.2, 0) is 23.9 Å². The van der Waals surface area contributed by atoms with E-state index in [1.165, 1.54) is 33.4 Å². The van der Waals surface area contributed by atoms with Crippen molar-refractivity contribution in [3.63, 3.8) is 0 Å². The molecule has 0 aliphatic heterocycles. The van der Waals surface area contributed by atoms with E-state index in [9.17, 15) is 18.0 Å². The molecule has 4 rings (SSSR count). The van der Waals surface area contributed by atoms with Gasteiger partial charge in [0.15, 0.2) is 0 Å². The third kappa shape index (κ3) is 3.72. The van der Waals surface area contributed by atoms with Crippen LogP contribution in [0, 0.1) is 6.92 Å². The molecule has 0 aliphatic rings. The molecule has 0 spiro atoms. The van der Waals surface area contributed by atoms with Crippen molar-refractivity contribution in [1.82, 2.24) is 9.13 Å².